The summed E-state index contributed by atoms with van der Waals surface area (Å²) in [7, 11) is 0. The molecule has 1 saturated carbocycles. The molecule has 1 rings (SSSR count). The van der Waals surface area contributed by atoms with E-state index < -0.39 is 0 Å². The summed E-state index contributed by atoms with van der Waals surface area (Å²) < 4.78 is 0. The van der Waals surface area contributed by atoms with Gasteiger partial charge in [0, 0.05) is 18.9 Å². The van der Waals surface area contributed by atoms with Gasteiger partial charge in [0.15, 0.2) is 0 Å². The molecule has 0 aliphatic heterocycles. The molecule has 0 radical (unpaired) electrons. The van der Waals surface area contributed by atoms with Gasteiger partial charge in [0.05, 0.1) is 6.07 Å². The van der Waals surface area contributed by atoms with Crippen molar-refractivity contribution in [3.8, 4) is 6.07 Å². The van der Waals surface area contributed by atoms with Crippen LogP contribution in [0.15, 0.2) is 0 Å². The highest BCUT2D eigenvalue weighted by molar-refractivity contribution is 5.78. The molecule has 0 bridgehead atoms. The van der Waals surface area contributed by atoms with E-state index in [0.29, 0.717) is 13.0 Å². The Kier molecular flexibility index (Phi) is 5.06. The van der Waals surface area contributed by atoms with E-state index in [9.17, 15) is 4.79 Å². The summed E-state index contributed by atoms with van der Waals surface area (Å²) in [6.07, 6.45) is 7.05. The lowest BCUT2D eigenvalue weighted by Gasteiger charge is -2.20. The SMILES string of the molecule is N#CCCCNC(=O)C1CCCCC1. The van der Waals surface area contributed by atoms with E-state index in [0.717, 1.165) is 19.3 Å². The van der Waals surface area contributed by atoms with Gasteiger partial charge >= 0.3 is 0 Å². The van der Waals surface area contributed by atoms with Crippen molar-refractivity contribution in [3.05, 3.63) is 0 Å². The molecule has 0 atom stereocenters. The van der Waals surface area contributed by atoms with Crippen LogP contribution >= 0.6 is 0 Å². The van der Waals surface area contributed by atoms with E-state index in [1.54, 1.807) is 0 Å². The largest absolute Gasteiger partial charge is 0.356 e. The second-order valence-corrected chi connectivity index (χ2v) is 3.89. The van der Waals surface area contributed by atoms with Gasteiger partial charge in [-0.3, -0.25) is 4.79 Å². The van der Waals surface area contributed by atoms with Gasteiger partial charge in [0.1, 0.15) is 0 Å². The van der Waals surface area contributed by atoms with E-state index >= 15 is 0 Å². The van der Waals surface area contributed by atoms with E-state index in [1.165, 1.54) is 19.3 Å². The Balaban J connectivity index is 2.11. The number of unbranched alkanes of at least 4 members (excludes halogenated alkanes) is 1. The summed E-state index contributed by atoms with van der Waals surface area (Å²) in [4.78, 5) is 11.6. The Morgan fingerprint density at radius 3 is 2.71 bits per heavy atom. The van der Waals surface area contributed by atoms with E-state index in [-0.39, 0.29) is 11.8 Å². The predicted octanol–water partition coefficient (Wildman–Crippen LogP) is 1.99. The van der Waals surface area contributed by atoms with Crippen molar-refractivity contribution in [1.29, 1.82) is 5.26 Å². The first-order chi connectivity index (χ1) is 6.84. The van der Waals surface area contributed by atoms with Gasteiger partial charge < -0.3 is 5.32 Å². The fraction of sp³-hybridized carbons (Fsp3) is 0.818. The Hall–Kier alpha value is -1.04. The summed E-state index contributed by atoms with van der Waals surface area (Å²) in [5, 5.41) is 11.2. The average molecular weight is 194 g/mol. The third-order valence-electron chi connectivity index (χ3n) is 2.74. The molecule has 1 N–H and O–H groups in total. The number of rotatable bonds is 4. The van der Waals surface area contributed by atoms with Gasteiger partial charge in [-0.25, -0.2) is 0 Å². The monoisotopic (exact) mass is 194 g/mol. The van der Waals surface area contributed by atoms with E-state index in [1.807, 2.05) is 0 Å². The van der Waals surface area contributed by atoms with Crippen molar-refractivity contribution < 1.29 is 4.79 Å². The molecule has 0 aromatic rings. The van der Waals surface area contributed by atoms with Gasteiger partial charge in [-0.2, -0.15) is 5.26 Å². The molecule has 0 saturated heterocycles. The van der Waals surface area contributed by atoms with Crippen LogP contribution in [0.5, 0.6) is 0 Å². The third kappa shape index (κ3) is 3.78. The second-order valence-electron chi connectivity index (χ2n) is 3.89. The standard InChI is InChI=1S/C11H18N2O/c12-8-4-5-9-13-11(14)10-6-2-1-3-7-10/h10H,1-7,9H2,(H,13,14). The third-order valence-corrected chi connectivity index (χ3v) is 2.74. The molecule has 1 aliphatic carbocycles. The molecule has 0 unspecified atom stereocenters. The van der Waals surface area contributed by atoms with E-state index in [4.69, 9.17) is 5.26 Å². The second kappa shape index (κ2) is 6.42. The molecule has 0 aromatic heterocycles. The molecule has 78 valence electrons. The number of nitriles is 1. The smallest absolute Gasteiger partial charge is 0.223 e. The number of nitrogens with zero attached hydrogens (tertiary/aromatic N) is 1. The maximum Gasteiger partial charge on any atom is 0.223 e. The van der Waals surface area contributed by atoms with Crippen LogP contribution in [0.25, 0.3) is 0 Å². The van der Waals surface area contributed by atoms with E-state index in [2.05, 4.69) is 11.4 Å². The van der Waals surface area contributed by atoms with Crippen LogP contribution in [-0.2, 0) is 4.79 Å². The van der Waals surface area contributed by atoms with Crippen LogP contribution in [0.4, 0.5) is 0 Å². The van der Waals surface area contributed by atoms with Crippen LogP contribution in [0, 0.1) is 17.2 Å². The molecule has 1 fully saturated rings. The lowest BCUT2D eigenvalue weighted by molar-refractivity contribution is -0.125. The van der Waals surface area contributed by atoms with Crippen molar-refractivity contribution >= 4 is 5.91 Å². The molecule has 3 nitrogen and oxygen atoms in total. The number of hydrogen-bond acceptors (Lipinski definition) is 2. The highest BCUT2D eigenvalue weighted by Gasteiger charge is 2.20. The van der Waals surface area contributed by atoms with Gasteiger partial charge in [-0.1, -0.05) is 19.3 Å². The first-order valence-corrected chi connectivity index (χ1v) is 5.49. The number of carbonyl (C=O) groups excluding carboxylic acids is 1. The molecular weight excluding hydrogens is 176 g/mol. The quantitative estimate of drug-likeness (QED) is 0.696. The molecule has 1 aliphatic rings. The minimum absolute atomic E-state index is 0.197. The normalized spacial score (nSPS) is 17.4. The Morgan fingerprint density at radius 1 is 1.36 bits per heavy atom. The number of nitrogens with one attached hydrogen (secondary N) is 1. The zero-order valence-corrected chi connectivity index (χ0v) is 8.59. The summed E-state index contributed by atoms with van der Waals surface area (Å²) in [6, 6.07) is 2.07. The van der Waals surface area contributed by atoms with Crippen molar-refractivity contribution in [2.75, 3.05) is 6.54 Å². The average Bonchev–Trinajstić information content (AvgIpc) is 2.25. The van der Waals surface area contributed by atoms with Crippen LogP contribution in [0.3, 0.4) is 0 Å². The summed E-state index contributed by atoms with van der Waals surface area (Å²) in [5.74, 6) is 0.438. The lowest BCUT2D eigenvalue weighted by atomic mass is 9.89. The molecule has 0 heterocycles. The highest BCUT2D eigenvalue weighted by Crippen LogP contribution is 2.23. The molecule has 3 heteroatoms. The maximum absolute atomic E-state index is 11.6. The van der Waals surface area contributed by atoms with Gasteiger partial charge in [-0.05, 0) is 19.3 Å². The number of hydrogen-bond donors (Lipinski definition) is 1. The van der Waals surface area contributed by atoms with Gasteiger partial charge in [0.2, 0.25) is 5.91 Å². The van der Waals surface area contributed by atoms with Gasteiger partial charge in [-0.15, -0.1) is 0 Å². The molecule has 0 aromatic carbocycles. The summed E-state index contributed by atoms with van der Waals surface area (Å²) >= 11 is 0. The Bertz CT molecular complexity index is 214. The van der Waals surface area contributed by atoms with Gasteiger partial charge in [0.25, 0.3) is 0 Å². The molecule has 0 spiro atoms. The topological polar surface area (TPSA) is 52.9 Å². The Labute approximate surface area is 85.5 Å². The van der Waals surface area contributed by atoms with Crippen molar-refractivity contribution in [2.45, 2.75) is 44.9 Å². The zero-order chi connectivity index (χ0) is 10.2. The van der Waals surface area contributed by atoms with Crippen molar-refractivity contribution in [1.82, 2.24) is 5.32 Å². The molecule has 14 heavy (non-hydrogen) atoms. The fourth-order valence-electron chi connectivity index (χ4n) is 1.89. The minimum Gasteiger partial charge on any atom is -0.356 e. The van der Waals surface area contributed by atoms with Crippen LogP contribution in [0.2, 0.25) is 0 Å². The number of carbonyl (C=O) groups is 1. The molecule has 1 amide bonds. The van der Waals surface area contributed by atoms with Crippen molar-refractivity contribution in [2.24, 2.45) is 5.92 Å². The number of amides is 1. The molecular formula is C11H18N2O. The summed E-state index contributed by atoms with van der Waals surface area (Å²) in [6.45, 7) is 0.656. The van der Waals surface area contributed by atoms with Crippen molar-refractivity contribution in [3.63, 3.8) is 0 Å². The fourth-order valence-corrected chi connectivity index (χ4v) is 1.89. The van der Waals surface area contributed by atoms with Crippen LogP contribution < -0.4 is 5.32 Å². The Morgan fingerprint density at radius 2 is 2.07 bits per heavy atom. The summed E-state index contributed by atoms with van der Waals surface area (Å²) in [5.41, 5.74) is 0. The zero-order valence-electron chi connectivity index (χ0n) is 8.59. The first-order valence-electron chi connectivity index (χ1n) is 5.49. The first kappa shape index (κ1) is 11.0. The lowest BCUT2D eigenvalue weighted by Crippen LogP contribution is -2.32. The van der Waals surface area contributed by atoms with Crippen LogP contribution in [0.1, 0.15) is 44.9 Å². The van der Waals surface area contributed by atoms with Crippen LogP contribution in [-0.4, -0.2) is 12.5 Å². The highest BCUT2D eigenvalue weighted by atomic mass is 16.1. The maximum atomic E-state index is 11.6. The predicted molar refractivity (Wildman–Crippen MR) is 54.4 cm³/mol. The minimum atomic E-state index is 0.197.